The number of benzene rings is 2. The zero-order valence-electron chi connectivity index (χ0n) is 21.9. The molecule has 0 atom stereocenters. The number of carbonyl (C=O) groups excluding carboxylic acids is 1. The molecule has 1 aliphatic rings. The molecule has 0 aliphatic carbocycles. The molecule has 11 heteroatoms. The highest BCUT2D eigenvalue weighted by molar-refractivity contribution is 5.96. The average Bonchev–Trinajstić information content (AvgIpc) is 3.40. The van der Waals surface area contributed by atoms with Gasteiger partial charge in [-0.15, -0.1) is 0 Å². The monoisotopic (exact) mass is 535 g/mol. The second-order valence-electron chi connectivity index (χ2n) is 9.25. The molecular formula is C28H31F2N7O2. The van der Waals surface area contributed by atoms with Crippen molar-refractivity contribution in [3.63, 3.8) is 0 Å². The average molecular weight is 536 g/mol. The Morgan fingerprint density at radius 3 is 2.72 bits per heavy atom. The van der Waals surface area contributed by atoms with E-state index in [2.05, 4.69) is 30.8 Å². The molecule has 3 N–H and O–H groups in total. The van der Waals surface area contributed by atoms with Gasteiger partial charge in [0.2, 0.25) is 5.82 Å². The van der Waals surface area contributed by atoms with Crippen molar-refractivity contribution in [1.29, 1.82) is 0 Å². The fraction of sp³-hybridized carbons (Fsp3) is 0.321. The summed E-state index contributed by atoms with van der Waals surface area (Å²) < 4.78 is 35.6. The summed E-state index contributed by atoms with van der Waals surface area (Å²) in [5, 5.41) is 9.62. The molecule has 0 radical (unpaired) electrons. The Kier molecular flexibility index (Phi) is 7.99. The Balaban J connectivity index is 1.34. The molecule has 0 spiro atoms. The molecule has 3 heterocycles. The van der Waals surface area contributed by atoms with Crippen molar-refractivity contribution in [2.75, 3.05) is 51.7 Å². The van der Waals surface area contributed by atoms with Crippen LogP contribution in [0.25, 0.3) is 16.9 Å². The van der Waals surface area contributed by atoms with Gasteiger partial charge in [0.25, 0.3) is 5.91 Å². The van der Waals surface area contributed by atoms with Gasteiger partial charge in [0.15, 0.2) is 23.0 Å². The molecule has 1 amide bonds. The number of methoxy groups -OCH3 is 1. The minimum atomic E-state index is -1.06. The van der Waals surface area contributed by atoms with Crippen LogP contribution in [0.1, 0.15) is 22.8 Å². The lowest BCUT2D eigenvalue weighted by Gasteiger charge is -2.27. The lowest BCUT2D eigenvalue weighted by atomic mass is 10.0. The third-order valence-electron chi connectivity index (χ3n) is 6.89. The first-order valence-corrected chi connectivity index (χ1v) is 13.0. The van der Waals surface area contributed by atoms with Crippen LogP contribution in [-0.4, -0.2) is 71.6 Å². The number of carbonyl (C=O) groups is 1. The summed E-state index contributed by atoms with van der Waals surface area (Å²) in [6, 6.07) is 8.36. The first kappa shape index (κ1) is 26.5. The number of amides is 1. The molecule has 1 saturated heterocycles. The molecule has 204 valence electrons. The normalized spacial score (nSPS) is 13.9. The zero-order chi connectivity index (χ0) is 27.4. The van der Waals surface area contributed by atoms with Crippen molar-refractivity contribution in [3.8, 4) is 17.0 Å². The van der Waals surface area contributed by atoms with Gasteiger partial charge in [0, 0.05) is 68.5 Å². The van der Waals surface area contributed by atoms with E-state index in [9.17, 15) is 13.6 Å². The van der Waals surface area contributed by atoms with Crippen LogP contribution in [-0.2, 0) is 6.42 Å². The number of hydrogen-bond donors (Lipinski definition) is 3. The molecule has 1 aliphatic heterocycles. The number of rotatable bonds is 9. The number of hydrogen-bond acceptors (Lipinski definition) is 7. The lowest BCUT2D eigenvalue weighted by molar-refractivity contribution is 0.0946. The zero-order valence-corrected chi connectivity index (χ0v) is 21.9. The SMILES string of the molecule is CCc1cc(Nc2nccn3c(-c4ccc(OC)c(F)c4F)cnc23)ccc1C(=O)NCCN1CCNCC1. The minimum absolute atomic E-state index is 0.0542. The van der Waals surface area contributed by atoms with Crippen LogP contribution in [0.2, 0.25) is 0 Å². The van der Waals surface area contributed by atoms with E-state index >= 15 is 0 Å². The van der Waals surface area contributed by atoms with Crippen LogP contribution in [0.3, 0.4) is 0 Å². The quantitative estimate of drug-likeness (QED) is 0.301. The van der Waals surface area contributed by atoms with E-state index in [1.54, 1.807) is 22.9 Å². The van der Waals surface area contributed by atoms with Crippen LogP contribution >= 0.6 is 0 Å². The van der Waals surface area contributed by atoms with Crippen LogP contribution in [0.5, 0.6) is 5.75 Å². The number of aryl methyl sites for hydroxylation is 1. The third kappa shape index (κ3) is 5.55. The first-order valence-electron chi connectivity index (χ1n) is 13.0. The maximum Gasteiger partial charge on any atom is 0.251 e. The van der Waals surface area contributed by atoms with Crippen LogP contribution in [0.4, 0.5) is 20.3 Å². The molecule has 0 bridgehead atoms. The van der Waals surface area contributed by atoms with E-state index in [0.29, 0.717) is 35.7 Å². The molecule has 2 aromatic carbocycles. The molecule has 4 aromatic rings. The van der Waals surface area contributed by atoms with Gasteiger partial charge in [0.1, 0.15) is 0 Å². The highest BCUT2D eigenvalue weighted by Gasteiger charge is 2.19. The summed E-state index contributed by atoms with van der Waals surface area (Å²) in [4.78, 5) is 24.0. The fourth-order valence-electron chi connectivity index (χ4n) is 4.77. The van der Waals surface area contributed by atoms with E-state index in [1.807, 2.05) is 19.1 Å². The fourth-order valence-corrected chi connectivity index (χ4v) is 4.77. The number of piperazine rings is 1. The molecule has 1 fully saturated rings. The second-order valence-corrected chi connectivity index (χ2v) is 9.25. The smallest absolute Gasteiger partial charge is 0.251 e. The van der Waals surface area contributed by atoms with Gasteiger partial charge >= 0.3 is 0 Å². The van der Waals surface area contributed by atoms with E-state index in [1.165, 1.54) is 25.4 Å². The maximum atomic E-state index is 14.8. The number of ether oxygens (including phenoxy) is 1. The predicted molar refractivity (Wildman–Crippen MR) is 146 cm³/mol. The Morgan fingerprint density at radius 1 is 1.13 bits per heavy atom. The number of aromatic nitrogens is 3. The van der Waals surface area contributed by atoms with Crippen molar-refractivity contribution in [2.45, 2.75) is 13.3 Å². The van der Waals surface area contributed by atoms with Gasteiger partial charge in [-0.2, -0.15) is 4.39 Å². The van der Waals surface area contributed by atoms with E-state index in [4.69, 9.17) is 4.74 Å². The van der Waals surface area contributed by atoms with Gasteiger partial charge in [-0.05, 0) is 42.3 Å². The predicted octanol–water partition coefficient (Wildman–Crippen LogP) is 3.62. The molecule has 39 heavy (non-hydrogen) atoms. The van der Waals surface area contributed by atoms with Crippen molar-refractivity contribution in [2.24, 2.45) is 0 Å². The Hall–Kier alpha value is -4.09. The number of halogens is 2. The second kappa shape index (κ2) is 11.7. The number of nitrogens with zero attached hydrogens (tertiary/aromatic N) is 4. The largest absolute Gasteiger partial charge is 0.494 e. The maximum absolute atomic E-state index is 14.8. The van der Waals surface area contributed by atoms with Crippen molar-refractivity contribution in [3.05, 3.63) is 71.7 Å². The number of fused-ring (bicyclic) bond motifs is 1. The summed E-state index contributed by atoms with van der Waals surface area (Å²) in [5.74, 6) is -1.90. The summed E-state index contributed by atoms with van der Waals surface area (Å²) >= 11 is 0. The summed E-state index contributed by atoms with van der Waals surface area (Å²) in [7, 11) is 1.28. The number of nitrogens with one attached hydrogen (secondary N) is 3. The van der Waals surface area contributed by atoms with Gasteiger partial charge in [-0.1, -0.05) is 6.92 Å². The van der Waals surface area contributed by atoms with E-state index < -0.39 is 11.6 Å². The molecule has 0 saturated carbocycles. The van der Waals surface area contributed by atoms with Gasteiger partial charge in [-0.3, -0.25) is 14.1 Å². The lowest BCUT2D eigenvalue weighted by Crippen LogP contribution is -2.46. The van der Waals surface area contributed by atoms with Crippen molar-refractivity contribution in [1.82, 2.24) is 29.9 Å². The van der Waals surface area contributed by atoms with Crippen LogP contribution < -0.4 is 20.7 Å². The van der Waals surface area contributed by atoms with Crippen LogP contribution in [0.15, 0.2) is 48.9 Å². The Labute approximate surface area is 225 Å². The molecule has 2 aromatic heterocycles. The van der Waals surface area contributed by atoms with Crippen molar-refractivity contribution < 1.29 is 18.3 Å². The van der Waals surface area contributed by atoms with Crippen LogP contribution in [0, 0.1) is 11.6 Å². The summed E-state index contributed by atoms with van der Waals surface area (Å²) in [5.41, 5.74) is 3.13. The number of anilines is 2. The highest BCUT2D eigenvalue weighted by atomic mass is 19.2. The molecule has 5 rings (SSSR count). The Morgan fingerprint density at radius 2 is 1.95 bits per heavy atom. The van der Waals surface area contributed by atoms with E-state index in [0.717, 1.165) is 44.0 Å². The molecule has 0 unspecified atom stereocenters. The highest BCUT2D eigenvalue weighted by Crippen LogP contribution is 2.31. The minimum Gasteiger partial charge on any atom is -0.494 e. The topological polar surface area (TPSA) is 95.8 Å². The van der Waals surface area contributed by atoms with Gasteiger partial charge < -0.3 is 20.7 Å². The summed E-state index contributed by atoms with van der Waals surface area (Å²) in [6.45, 7) is 7.34. The number of imidazole rings is 1. The molecular weight excluding hydrogens is 504 g/mol. The van der Waals surface area contributed by atoms with Gasteiger partial charge in [-0.25, -0.2) is 14.4 Å². The standard InChI is InChI=1S/C28H31F2N7O2/c1-3-18-16-19(4-5-20(18)28(38)33-10-14-36-12-8-31-9-13-36)35-26-27-34-17-22(37(27)15-11-32-26)21-6-7-23(39-2)25(30)24(21)29/h4-7,11,15-17,31H,3,8-10,12-14H2,1-2H3,(H,32,35)(H,33,38). The molecule has 9 nitrogen and oxygen atoms in total. The summed E-state index contributed by atoms with van der Waals surface area (Å²) in [6.07, 6.45) is 5.33. The van der Waals surface area contributed by atoms with E-state index in [-0.39, 0.29) is 17.2 Å². The van der Waals surface area contributed by atoms with Crippen molar-refractivity contribution >= 4 is 23.1 Å². The van der Waals surface area contributed by atoms with Gasteiger partial charge in [0.05, 0.1) is 19.0 Å². The Bertz CT molecular complexity index is 1480. The third-order valence-corrected chi connectivity index (χ3v) is 6.89. The first-order chi connectivity index (χ1) is 19.0.